The lowest BCUT2D eigenvalue weighted by atomic mass is 10.1. The van der Waals surface area contributed by atoms with E-state index in [0.717, 1.165) is 18.0 Å². The smallest absolute Gasteiger partial charge is 0.161 e. The lowest BCUT2D eigenvalue weighted by Gasteiger charge is -2.19. The van der Waals surface area contributed by atoms with E-state index < -0.39 is 0 Å². The highest BCUT2D eigenvalue weighted by atomic mass is 16.6. The fraction of sp³-hybridized carbons (Fsp3) is 0.294. The Morgan fingerprint density at radius 2 is 1.75 bits per heavy atom. The van der Waals surface area contributed by atoms with E-state index in [1.807, 2.05) is 12.1 Å². The van der Waals surface area contributed by atoms with Crippen molar-refractivity contribution in [1.82, 2.24) is 5.32 Å². The number of rotatable bonds is 4. The third-order valence-corrected chi connectivity index (χ3v) is 3.52. The van der Waals surface area contributed by atoms with Crippen molar-refractivity contribution in [2.75, 3.05) is 13.2 Å². The van der Waals surface area contributed by atoms with Gasteiger partial charge < -0.3 is 14.8 Å². The van der Waals surface area contributed by atoms with Crippen LogP contribution in [-0.4, -0.2) is 13.2 Å². The molecule has 1 heterocycles. The molecule has 3 rings (SSSR count). The third kappa shape index (κ3) is 2.94. The monoisotopic (exact) mass is 269 g/mol. The van der Waals surface area contributed by atoms with Gasteiger partial charge in [-0.1, -0.05) is 36.4 Å². The van der Waals surface area contributed by atoms with Crippen molar-refractivity contribution in [3.8, 4) is 11.5 Å². The van der Waals surface area contributed by atoms with E-state index in [4.69, 9.17) is 9.47 Å². The van der Waals surface area contributed by atoms with Crippen LogP contribution in [0.2, 0.25) is 0 Å². The maximum atomic E-state index is 5.60. The summed E-state index contributed by atoms with van der Waals surface area (Å²) < 4.78 is 11.1. The zero-order chi connectivity index (χ0) is 13.8. The van der Waals surface area contributed by atoms with Crippen molar-refractivity contribution < 1.29 is 9.47 Å². The van der Waals surface area contributed by atoms with Crippen LogP contribution in [-0.2, 0) is 6.54 Å². The van der Waals surface area contributed by atoms with Gasteiger partial charge in [0.1, 0.15) is 13.2 Å². The molecule has 0 radical (unpaired) electrons. The average molecular weight is 269 g/mol. The van der Waals surface area contributed by atoms with E-state index in [9.17, 15) is 0 Å². The normalized spacial score (nSPS) is 14.8. The molecule has 1 aliphatic rings. The lowest BCUT2D eigenvalue weighted by molar-refractivity contribution is 0.171. The van der Waals surface area contributed by atoms with Gasteiger partial charge in [-0.25, -0.2) is 0 Å². The molecule has 104 valence electrons. The van der Waals surface area contributed by atoms with Gasteiger partial charge in [0.25, 0.3) is 0 Å². The Kier molecular flexibility index (Phi) is 3.88. The van der Waals surface area contributed by atoms with Gasteiger partial charge in [-0.05, 0) is 30.2 Å². The molecule has 20 heavy (non-hydrogen) atoms. The first-order valence-electron chi connectivity index (χ1n) is 7.00. The Labute approximate surface area is 119 Å². The van der Waals surface area contributed by atoms with E-state index in [0.29, 0.717) is 19.3 Å². The summed E-state index contributed by atoms with van der Waals surface area (Å²) in [6, 6.07) is 16.9. The summed E-state index contributed by atoms with van der Waals surface area (Å²) >= 11 is 0. The highest BCUT2D eigenvalue weighted by molar-refractivity contribution is 5.43. The van der Waals surface area contributed by atoms with Crippen molar-refractivity contribution in [2.24, 2.45) is 0 Å². The molecule has 3 nitrogen and oxygen atoms in total. The van der Waals surface area contributed by atoms with Gasteiger partial charge in [0, 0.05) is 12.6 Å². The molecule has 0 bridgehead atoms. The molecule has 0 fully saturated rings. The van der Waals surface area contributed by atoms with Crippen LogP contribution in [0.3, 0.4) is 0 Å². The quantitative estimate of drug-likeness (QED) is 0.923. The van der Waals surface area contributed by atoms with Gasteiger partial charge in [-0.15, -0.1) is 0 Å². The van der Waals surface area contributed by atoms with E-state index in [-0.39, 0.29) is 0 Å². The second-order valence-electron chi connectivity index (χ2n) is 4.99. The minimum absolute atomic E-state index is 0.324. The maximum absolute atomic E-state index is 5.60. The summed E-state index contributed by atoms with van der Waals surface area (Å²) in [7, 11) is 0. The van der Waals surface area contributed by atoms with E-state index in [2.05, 4.69) is 48.6 Å². The molecular formula is C17H19NO2. The van der Waals surface area contributed by atoms with Gasteiger partial charge in [0.2, 0.25) is 0 Å². The third-order valence-electron chi connectivity index (χ3n) is 3.52. The van der Waals surface area contributed by atoms with Crippen molar-refractivity contribution in [2.45, 2.75) is 19.5 Å². The molecule has 1 atom stereocenters. The van der Waals surface area contributed by atoms with Crippen molar-refractivity contribution in [1.29, 1.82) is 0 Å². The highest BCUT2D eigenvalue weighted by Crippen LogP contribution is 2.30. The molecule has 2 aromatic rings. The number of nitrogens with one attached hydrogen (secondary N) is 1. The molecular weight excluding hydrogens is 250 g/mol. The first-order valence-corrected chi connectivity index (χ1v) is 7.00. The molecule has 2 aromatic carbocycles. The Hall–Kier alpha value is -2.00. The van der Waals surface area contributed by atoms with Crippen LogP contribution in [0.15, 0.2) is 48.5 Å². The van der Waals surface area contributed by atoms with Crippen LogP contribution in [0.4, 0.5) is 0 Å². The van der Waals surface area contributed by atoms with E-state index in [1.165, 1.54) is 11.1 Å². The molecule has 0 aliphatic carbocycles. The Bertz CT molecular complexity index is 568. The topological polar surface area (TPSA) is 30.5 Å². The molecule has 0 spiro atoms. The second-order valence-corrected chi connectivity index (χ2v) is 4.99. The summed E-state index contributed by atoms with van der Waals surface area (Å²) in [6.45, 7) is 4.25. The zero-order valence-electron chi connectivity index (χ0n) is 11.6. The van der Waals surface area contributed by atoms with Crippen LogP contribution in [0.1, 0.15) is 24.1 Å². The predicted molar refractivity (Wildman–Crippen MR) is 79.1 cm³/mol. The molecule has 0 aromatic heterocycles. The fourth-order valence-electron chi connectivity index (χ4n) is 2.33. The van der Waals surface area contributed by atoms with Crippen LogP contribution in [0.25, 0.3) is 0 Å². The summed E-state index contributed by atoms with van der Waals surface area (Å²) in [5, 5.41) is 3.53. The van der Waals surface area contributed by atoms with Crippen LogP contribution < -0.4 is 14.8 Å². The maximum Gasteiger partial charge on any atom is 0.161 e. The number of benzene rings is 2. The van der Waals surface area contributed by atoms with Crippen LogP contribution >= 0.6 is 0 Å². The summed E-state index contributed by atoms with van der Waals surface area (Å²) in [4.78, 5) is 0. The largest absolute Gasteiger partial charge is 0.486 e. The van der Waals surface area contributed by atoms with Crippen LogP contribution in [0.5, 0.6) is 11.5 Å². The van der Waals surface area contributed by atoms with Crippen molar-refractivity contribution >= 4 is 0 Å². The molecule has 0 amide bonds. The Morgan fingerprint density at radius 1 is 1.00 bits per heavy atom. The first-order chi connectivity index (χ1) is 9.83. The Morgan fingerprint density at radius 3 is 2.55 bits per heavy atom. The molecule has 0 saturated heterocycles. The first kappa shape index (κ1) is 13.0. The van der Waals surface area contributed by atoms with E-state index >= 15 is 0 Å². The van der Waals surface area contributed by atoms with Gasteiger partial charge in [0.15, 0.2) is 11.5 Å². The zero-order valence-corrected chi connectivity index (χ0v) is 11.6. The highest BCUT2D eigenvalue weighted by Gasteiger charge is 2.12. The van der Waals surface area contributed by atoms with Gasteiger partial charge >= 0.3 is 0 Å². The predicted octanol–water partition coefficient (Wildman–Crippen LogP) is 3.31. The van der Waals surface area contributed by atoms with E-state index in [1.54, 1.807) is 0 Å². The molecule has 1 aliphatic heterocycles. The summed E-state index contributed by atoms with van der Waals surface area (Å²) in [5.41, 5.74) is 2.50. The molecule has 3 heteroatoms. The average Bonchev–Trinajstić information content (AvgIpc) is 2.53. The second kappa shape index (κ2) is 5.97. The molecule has 0 saturated carbocycles. The van der Waals surface area contributed by atoms with Crippen molar-refractivity contribution in [3.05, 3.63) is 59.7 Å². The number of hydrogen-bond donors (Lipinski definition) is 1. The van der Waals surface area contributed by atoms with Gasteiger partial charge in [-0.3, -0.25) is 0 Å². The molecule has 1 N–H and O–H groups in total. The number of fused-ring (bicyclic) bond motifs is 1. The van der Waals surface area contributed by atoms with Gasteiger partial charge in [0.05, 0.1) is 0 Å². The lowest BCUT2D eigenvalue weighted by Crippen LogP contribution is -2.19. The van der Waals surface area contributed by atoms with Gasteiger partial charge in [-0.2, -0.15) is 0 Å². The summed E-state index contributed by atoms with van der Waals surface area (Å²) in [6.07, 6.45) is 0. The van der Waals surface area contributed by atoms with Crippen molar-refractivity contribution in [3.63, 3.8) is 0 Å². The van der Waals surface area contributed by atoms with Crippen LogP contribution in [0, 0.1) is 0 Å². The fourth-order valence-corrected chi connectivity index (χ4v) is 2.33. The minimum Gasteiger partial charge on any atom is -0.486 e. The number of ether oxygens (including phenoxy) is 2. The summed E-state index contributed by atoms with van der Waals surface area (Å²) in [5.74, 6) is 1.69. The standard InChI is InChI=1S/C17H19NO2/c1-13(15-5-3-2-4-6-15)18-12-14-7-8-16-17(11-14)20-10-9-19-16/h2-8,11,13,18H,9-10,12H2,1H3/t13-/m0/s1. The SMILES string of the molecule is C[C@H](NCc1ccc2c(c1)OCCO2)c1ccccc1. The Balaban J connectivity index is 1.64. The number of hydrogen-bond acceptors (Lipinski definition) is 3. The molecule has 0 unspecified atom stereocenters. The minimum atomic E-state index is 0.324.